The quantitative estimate of drug-likeness (QED) is 0.335. The molecule has 3 aromatic rings. The van der Waals surface area contributed by atoms with Gasteiger partial charge in [0.25, 0.3) is 0 Å². The average Bonchev–Trinajstić information content (AvgIpc) is 3.03. The zero-order chi connectivity index (χ0) is 18.4. The maximum Gasteiger partial charge on any atom is 0.210 e. The molecule has 3 rings (SSSR count). The minimum Gasteiger partial charge on any atom is -0.496 e. The van der Waals surface area contributed by atoms with Crippen LogP contribution in [0.25, 0.3) is 11.4 Å². The van der Waals surface area contributed by atoms with E-state index in [1.54, 1.807) is 30.6 Å². The Kier molecular flexibility index (Phi) is 6.71. The van der Waals surface area contributed by atoms with Crippen LogP contribution in [0.5, 0.6) is 5.75 Å². The molecular weight excluding hydrogens is 388 g/mol. The Morgan fingerprint density at radius 1 is 1.04 bits per heavy atom. The summed E-state index contributed by atoms with van der Waals surface area (Å²) in [7, 11) is 1.63. The van der Waals surface area contributed by atoms with Gasteiger partial charge in [-0.05, 0) is 36.4 Å². The number of nitrogen functional groups attached to an aromatic ring is 1. The first kappa shape index (κ1) is 18.9. The van der Waals surface area contributed by atoms with Gasteiger partial charge in [0.15, 0.2) is 5.82 Å². The lowest BCUT2D eigenvalue weighted by molar-refractivity contribution is 0.416. The van der Waals surface area contributed by atoms with Crippen molar-refractivity contribution in [1.82, 2.24) is 14.9 Å². The second-order valence-electron chi connectivity index (χ2n) is 5.36. The smallest absolute Gasteiger partial charge is 0.210 e. The summed E-state index contributed by atoms with van der Waals surface area (Å²) < 4.78 is 6.89. The Morgan fingerprint density at radius 3 is 2.58 bits per heavy atom. The van der Waals surface area contributed by atoms with Crippen molar-refractivity contribution in [2.75, 3.05) is 24.5 Å². The molecule has 0 aliphatic carbocycles. The summed E-state index contributed by atoms with van der Waals surface area (Å²) in [6.45, 7) is 0. The first-order valence-corrected chi connectivity index (χ1v) is 10.4. The number of rotatable bonds is 8. The number of nitrogens with zero attached hydrogens (tertiary/aromatic N) is 3. The van der Waals surface area contributed by atoms with E-state index in [-0.39, 0.29) is 0 Å². The van der Waals surface area contributed by atoms with Crippen molar-refractivity contribution in [3.8, 4) is 17.1 Å². The maximum atomic E-state index is 6.18. The van der Waals surface area contributed by atoms with Gasteiger partial charge in [-0.1, -0.05) is 47.6 Å². The number of thioether (sulfide) groups is 2. The zero-order valence-electron chi connectivity index (χ0n) is 14.3. The molecule has 1 heterocycles. The van der Waals surface area contributed by atoms with Crippen LogP contribution in [-0.2, 0) is 0 Å². The van der Waals surface area contributed by atoms with E-state index in [1.807, 2.05) is 48.5 Å². The van der Waals surface area contributed by atoms with E-state index in [4.69, 9.17) is 22.2 Å². The van der Waals surface area contributed by atoms with Gasteiger partial charge in [0.2, 0.25) is 5.16 Å². The van der Waals surface area contributed by atoms with Crippen molar-refractivity contribution in [1.29, 1.82) is 0 Å². The number of nitrogens with two attached hydrogens (primary N) is 1. The Labute approximate surface area is 166 Å². The number of methoxy groups -OCH3 is 1. The predicted octanol–water partition coefficient (Wildman–Crippen LogP) is 4.60. The monoisotopic (exact) mass is 406 g/mol. The third-order valence-corrected chi connectivity index (χ3v) is 6.26. The molecule has 8 heteroatoms. The van der Waals surface area contributed by atoms with Crippen molar-refractivity contribution in [3.05, 3.63) is 53.6 Å². The van der Waals surface area contributed by atoms with Gasteiger partial charge < -0.3 is 10.6 Å². The molecule has 0 amide bonds. The summed E-state index contributed by atoms with van der Waals surface area (Å²) in [5.74, 6) is 9.37. The van der Waals surface area contributed by atoms with Crippen LogP contribution in [0, 0.1) is 0 Å². The number of hydrogen-bond acceptors (Lipinski definition) is 6. The van der Waals surface area contributed by atoms with Crippen LogP contribution in [0.1, 0.15) is 6.42 Å². The number of aromatic nitrogens is 3. The summed E-state index contributed by atoms with van der Waals surface area (Å²) in [6.07, 6.45) is 1.01. The zero-order valence-corrected chi connectivity index (χ0v) is 16.7. The van der Waals surface area contributed by atoms with E-state index in [9.17, 15) is 0 Å². The van der Waals surface area contributed by atoms with Crippen LogP contribution in [-0.4, -0.2) is 33.5 Å². The first-order valence-electron chi connectivity index (χ1n) is 8.04. The van der Waals surface area contributed by atoms with E-state index in [0.29, 0.717) is 11.0 Å². The van der Waals surface area contributed by atoms with E-state index < -0.39 is 0 Å². The van der Waals surface area contributed by atoms with E-state index in [2.05, 4.69) is 10.2 Å². The molecule has 0 aliphatic rings. The fourth-order valence-corrected chi connectivity index (χ4v) is 4.52. The number of ether oxygens (including phenoxy) is 1. The standard InChI is InChI=1S/C18H19ClN4OS2/c1-24-15-9-4-2-7-13(15)17-21-22-18(23(17)20)26-12-6-11-25-16-10-5-3-8-14(16)19/h2-5,7-10H,6,11-12,20H2,1H3. The van der Waals surface area contributed by atoms with Gasteiger partial charge in [0.05, 0.1) is 17.7 Å². The largest absolute Gasteiger partial charge is 0.496 e. The van der Waals surface area contributed by atoms with Gasteiger partial charge in [-0.2, -0.15) is 0 Å². The SMILES string of the molecule is COc1ccccc1-c1nnc(SCCCSc2ccccc2Cl)n1N. The van der Waals surface area contributed by atoms with Gasteiger partial charge >= 0.3 is 0 Å². The Hall–Kier alpha value is -1.83. The highest BCUT2D eigenvalue weighted by Gasteiger charge is 2.15. The average molecular weight is 407 g/mol. The van der Waals surface area contributed by atoms with Gasteiger partial charge in [0, 0.05) is 10.6 Å². The van der Waals surface area contributed by atoms with E-state index in [1.165, 1.54) is 4.68 Å². The molecule has 26 heavy (non-hydrogen) atoms. The van der Waals surface area contributed by atoms with E-state index >= 15 is 0 Å². The van der Waals surface area contributed by atoms with Crippen molar-refractivity contribution in [3.63, 3.8) is 0 Å². The molecule has 0 saturated carbocycles. The Morgan fingerprint density at radius 2 is 1.77 bits per heavy atom. The Bertz CT molecular complexity index is 872. The highest BCUT2D eigenvalue weighted by molar-refractivity contribution is 8.00. The molecular formula is C18H19ClN4OS2. The molecule has 1 aromatic heterocycles. The van der Waals surface area contributed by atoms with Crippen molar-refractivity contribution < 1.29 is 4.74 Å². The molecule has 5 nitrogen and oxygen atoms in total. The second kappa shape index (κ2) is 9.21. The van der Waals surface area contributed by atoms with Gasteiger partial charge in [-0.3, -0.25) is 0 Å². The minimum absolute atomic E-state index is 0.593. The first-order chi connectivity index (χ1) is 12.7. The van der Waals surface area contributed by atoms with Crippen molar-refractivity contribution in [2.45, 2.75) is 16.5 Å². The van der Waals surface area contributed by atoms with Crippen LogP contribution in [0.2, 0.25) is 5.02 Å². The lowest BCUT2D eigenvalue weighted by atomic mass is 10.2. The summed E-state index contributed by atoms with van der Waals surface area (Å²) >= 11 is 9.52. The van der Waals surface area contributed by atoms with Crippen LogP contribution >= 0.6 is 35.1 Å². The number of para-hydroxylation sites is 1. The molecule has 0 unspecified atom stereocenters. The molecule has 0 fully saturated rings. The third-order valence-electron chi connectivity index (χ3n) is 3.63. The molecule has 0 bridgehead atoms. The van der Waals surface area contributed by atoms with Crippen LogP contribution in [0.4, 0.5) is 0 Å². The molecule has 2 N–H and O–H groups in total. The molecule has 0 spiro atoms. The number of hydrogen-bond donors (Lipinski definition) is 1. The van der Waals surface area contributed by atoms with Crippen LogP contribution in [0.3, 0.4) is 0 Å². The molecule has 0 saturated heterocycles. The summed E-state index contributed by atoms with van der Waals surface area (Å²) in [5, 5.41) is 9.91. The normalized spacial score (nSPS) is 10.8. The lowest BCUT2D eigenvalue weighted by Crippen LogP contribution is -2.12. The predicted molar refractivity (Wildman–Crippen MR) is 110 cm³/mol. The third kappa shape index (κ3) is 4.47. The van der Waals surface area contributed by atoms with Crippen LogP contribution in [0.15, 0.2) is 58.6 Å². The van der Waals surface area contributed by atoms with Crippen LogP contribution < -0.4 is 10.6 Å². The molecule has 0 aliphatic heterocycles. The highest BCUT2D eigenvalue weighted by atomic mass is 35.5. The summed E-state index contributed by atoms with van der Waals surface area (Å²) in [5.41, 5.74) is 0.825. The topological polar surface area (TPSA) is 66.0 Å². The molecule has 0 radical (unpaired) electrons. The van der Waals surface area contributed by atoms with Gasteiger partial charge in [-0.15, -0.1) is 22.0 Å². The highest BCUT2D eigenvalue weighted by Crippen LogP contribution is 2.30. The minimum atomic E-state index is 0.593. The maximum absolute atomic E-state index is 6.18. The molecule has 136 valence electrons. The molecule has 2 aromatic carbocycles. The Balaban J connectivity index is 1.55. The van der Waals surface area contributed by atoms with Gasteiger partial charge in [0.1, 0.15) is 5.75 Å². The van der Waals surface area contributed by atoms with E-state index in [0.717, 1.165) is 39.2 Å². The van der Waals surface area contributed by atoms with Gasteiger partial charge in [-0.25, -0.2) is 4.68 Å². The lowest BCUT2D eigenvalue weighted by Gasteiger charge is -2.08. The number of benzene rings is 2. The fraction of sp³-hybridized carbons (Fsp3) is 0.222. The summed E-state index contributed by atoms with van der Waals surface area (Å²) in [6, 6.07) is 15.5. The van der Waals surface area contributed by atoms with Crippen molar-refractivity contribution in [2.24, 2.45) is 0 Å². The summed E-state index contributed by atoms with van der Waals surface area (Å²) in [4.78, 5) is 1.11. The molecule has 0 atom stereocenters. The second-order valence-corrected chi connectivity index (χ2v) is 7.96. The fourth-order valence-electron chi connectivity index (χ4n) is 2.35. The number of halogens is 1. The van der Waals surface area contributed by atoms with Crippen molar-refractivity contribution >= 4 is 35.1 Å².